The first-order valence-electron chi connectivity index (χ1n) is 16.0. The number of hydrogen-bond donors (Lipinski definition) is 2. The predicted octanol–water partition coefficient (Wildman–Crippen LogP) is 5.57. The number of imidazole rings is 1. The SMILES string of the molecule is CCc1nc2ccc(-c3cnc(N4CCC(NC5CCNCC5)CC4)nc3)cn2c1N(C)c1nc(-c2ccc(F)cc2)c(C#N)s1. The number of anilines is 3. The Morgan fingerprint density at radius 1 is 0.978 bits per heavy atom. The van der Waals surface area contributed by atoms with Crippen molar-refractivity contribution >= 4 is 33.9 Å². The van der Waals surface area contributed by atoms with Crippen molar-refractivity contribution in [2.24, 2.45) is 0 Å². The summed E-state index contributed by atoms with van der Waals surface area (Å²) >= 11 is 1.30. The van der Waals surface area contributed by atoms with Crippen molar-refractivity contribution in [2.45, 2.75) is 51.1 Å². The molecule has 0 amide bonds. The molecule has 10 nitrogen and oxygen atoms in total. The second-order valence-corrected chi connectivity index (χ2v) is 12.9. The first-order chi connectivity index (χ1) is 22.5. The molecule has 0 bridgehead atoms. The third-order valence-corrected chi connectivity index (χ3v) is 10.0. The second-order valence-electron chi connectivity index (χ2n) is 12.0. The first-order valence-corrected chi connectivity index (χ1v) is 16.8. The number of benzene rings is 1. The molecule has 7 rings (SSSR count). The summed E-state index contributed by atoms with van der Waals surface area (Å²) in [6.45, 7) is 6.19. The molecule has 4 aromatic heterocycles. The number of halogens is 1. The molecule has 5 aromatic rings. The molecule has 12 heteroatoms. The number of aromatic nitrogens is 5. The van der Waals surface area contributed by atoms with Crippen LogP contribution in [-0.2, 0) is 6.42 Å². The number of pyridine rings is 1. The highest BCUT2D eigenvalue weighted by Gasteiger charge is 2.25. The van der Waals surface area contributed by atoms with Gasteiger partial charge in [0.05, 0.1) is 5.69 Å². The summed E-state index contributed by atoms with van der Waals surface area (Å²) in [5, 5.41) is 17.8. The average molecular weight is 637 g/mol. The topological polar surface area (TPSA) is 110 Å². The van der Waals surface area contributed by atoms with Crippen LogP contribution in [0.5, 0.6) is 0 Å². The Labute approximate surface area is 272 Å². The van der Waals surface area contributed by atoms with Gasteiger partial charge in [-0.25, -0.2) is 24.3 Å². The lowest BCUT2D eigenvalue weighted by Gasteiger charge is -2.35. The van der Waals surface area contributed by atoms with Gasteiger partial charge in [0.15, 0.2) is 5.13 Å². The summed E-state index contributed by atoms with van der Waals surface area (Å²) in [7, 11) is 1.94. The van der Waals surface area contributed by atoms with Crippen LogP contribution in [0.1, 0.15) is 43.2 Å². The molecule has 2 fully saturated rings. The van der Waals surface area contributed by atoms with Gasteiger partial charge in [0.1, 0.15) is 33.9 Å². The number of nitriles is 1. The molecule has 0 saturated carbocycles. The summed E-state index contributed by atoms with van der Waals surface area (Å²) in [5.74, 6) is 1.32. The molecule has 2 saturated heterocycles. The van der Waals surface area contributed by atoms with E-state index in [9.17, 15) is 9.65 Å². The standard InChI is InChI=1S/C34H37FN10S/c1-3-28-32(43(2)34-42-31(29(18-36)46-34)22-4-7-25(35)8-5-22)45-21-23(6-9-30(45)41-28)24-19-38-33(39-20-24)44-16-12-27(13-17-44)40-26-10-14-37-15-11-26/h4-9,19-21,26-27,37,40H,3,10-17H2,1-2H3. The van der Waals surface area contributed by atoms with Crippen LogP contribution >= 0.6 is 11.3 Å². The van der Waals surface area contributed by atoms with Crippen molar-refractivity contribution in [3.63, 3.8) is 0 Å². The van der Waals surface area contributed by atoms with Gasteiger partial charge < -0.3 is 20.4 Å². The van der Waals surface area contributed by atoms with E-state index < -0.39 is 0 Å². The van der Waals surface area contributed by atoms with Crippen LogP contribution in [-0.4, -0.2) is 69.6 Å². The fourth-order valence-corrected chi connectivity index (χ4v) is 7.32. The largest absolute Gasteiger partial charge is 0.341 e. The van der Waals surface area contributed by atoms with Crippen LogP contribution in [0.15, 0.2) is 55.0 Å². The third-order valence-electron chi connectivity index (χ3n) is 9.00. The smallest absolute Gasteiger partial charge is 0.225 e. The Morgan fingerprint density at radius 2 is 1.67 bits per heavy atom. The van der Waals surface area contributed by atoms with Gasteiger partial charge in [0.25, 0.3) is 0 Å². The molecule has 0 atom stereocenters. The van der Waals surface area contributed by atoms with E-state index in [4.69, 9.17) is 19.9 Å². The van der Waals surface area contributed by atoms with Gasteiger partial charge >= 0.3 is 0 Å². The van der Waals surface area contributed by atoms with E-state index in [0.29, 0.717) is 33.3 Å². The van der Waals surface area contributed by atoms with E-state index in [2.05, 4.69) is 39.1 Å². The monoisotopic (exact) mass is 636 g/mol. The number of nitrogens with zero attached hydrogens (tertiary/aromatic N) is 8. The van der Waals surface area contributed by atoms with Gasteiger partial charge in [-0.05, 0) is 81.6 Å². The lowest BCUT2D eigenvalue weighted by Crippen LogP contribution is -2.49. The van der Waals surface area contributed by atoms with Gasteiger partial charge in [0.2, 0.25) is 5.95 Å². The highest BCUT2D eigenvalue weighted by Crippen LogP contribution is 2.37. The summed E-state index contributed by atoms with van der Waals surface area (Å²) in [6.07, 6.45) is 11.2. The van der Waals surface area contributed by atoms with Crippen molar-refractivity contribution in [1.82, 2.24) is 35.0 Å². The molecule has 46 heavy (non-hydrogen) atoms. The highest BCUT2D eigenvalue weighted by molar-refractivity contribution is 7.16. The van der Waals surface area contributed by atoms with Crippen molar-refractivity contribution in [3.8, 4) is 28.5 Å². The van der Waals surface area contributed by atoms with Crippen LogP contribution in [0.4, 0.5) is 21.3 Å². The molecule has 236 valence electrons. The van der Waals surface area contributed by atoms with E-state index >= 15 is 0 Å². The summed E-state index contributed by atoms with van der Waals surface area (Å²) < 4.78 is 15.6. The van der Waals surface area contributed by atoms with Gasteiger partial charge in [-0.2, -0.15) is 5.26 Å². The second kappa shape index (κ2) is 13.1. The Bertz CT molecular complexity index is 1850. The minimum atomic E-state index is -0.329. The van der Waals surface area contributed by atoms with Crippen LogP contribution in [0, 0.1) is 17.1 Å². The summed E-state index contributed by atoms with van der Waals surface area (Å²) in [4.78, 5) is 24.0. The molecule has 0 radical (unpaired) electrons. The number of fused-ring (bicyclic) bond motifs is 1. The molecular formula is C34H37FN10S. The average Bonchev–Trinajstić information content (AvgIpc) is 3.71. The van der Waals surface area contributed by atoms with Crippen molar-refractivity contribution in [1.29, 1.82) is 5.26 Å². The summed E-state index contributed by atoms with van der Waals surface area (Å²) in [5.41, 5.74) is 4.88. The molecule has 0 spiro atoms. The van der Waals surface area contributed by atoms with Gasteiger partial charge in [-0.3, -0.25) is 4.40 Å². The fourth-order valence-electron chi connectivity index (χ4n) is 6.47. The third kappa shape index (κ3) is 6.06. The van der Waals surface area contributed by atoms with Gasteiger partial charge in [-0.15, -0.1) is 0 Å². The van der Waals surface area contributed by atoms with Crippen molar-refractivity contribution < 1.29 is 4.39 Å². The number of rotatable bonds is 8. The van der Waals surface area contributed by atoms with Gasteiger partial charge in [-0.1, -0.05) is 18.3 Å². The van der Waals surface area contributed by atoms with E-state index in [1.807, 2.05) is 36.5 Å². The van der Waals surface area contributed by atoms with E-state index in [1.54, 1.807) is 12.1 Å². The minimum absolute atomic E-state index is 0.329. The Kier molecular flexibility index (Phi) is 8.62. The van der Waals surface area contributed by atoms with Crippen LogP contribution in [0.2, 0.25) is 0 Å². The maximum absolute atomic E-state index is 13.6. The molecular weight excluding hydrogens is 600 g/mol. The minimum Gasteiger partial charge on any atom is -0.341 e. The Morgan fingerprint density at radius 3 is 2.37 bits per heavy atom. The molecule has 0 aliphatic carbocycles. The molecule has 2 aliphatic heterocycles. The molecule has 6 heterocycles. The number of aryl methyl sites for hydroxylation is 1. The highest BCUT2D eigenvalue weighted by atomic mass is 32.1. The number of hydrogen-bond acceptors (Lipinski definition) is 10. The van der Waals surface area contributed by atoms with E-state index in [1.165, 1.54) is 36.3 Å². The molecule has 0 unspecified atom stereocenters. The fraction of sp³-hybridized carbons (Fsp3) is 0.382. The lowest BCUT2D eigenvalue weighted by atomic mass is 10.0. The van der Waals surface area contributed by atoms with Crippen molar-refractivity contribution in [2.75, 3.05) is 43.0 Å². The molecule has 2 aliphatic rings. The normalized spacial score (nSPS) is 16.2. The first kappa shape index (κ1) is 30.2. The number of thiazole rings is 1. The van der Waals surface area contributed by atoms with E-state index in [0.717, 1.165) is 79.7 Å². The Hall–Kier alpha value is -4.44. The lowest BCUT2D eigenvalue weighted by molar-refractivity contribution is 0.315. The molecule has 1 aromatic carbocycles. The predicted molar refractivity (Wildman–Crippen MR) is 180 cm³/mol. The summed E-state index contributed by atoms with van der Waals surface area (Å²) in [6, 6.07) is 13.6. The quantitative estimate of drug-likeness (QED) is 0.226. The van der Waals surface area contributed by atoms with Crippen LogP contribution in [0.3, 0.4) is 0 Å². The maximum atomic E-state index is 13.6. The van der Waals surface area contributed by atoms with Gasteiger partial charge in [0, 0.05) is 67.5 Å². The zero-order valence-electron chi connectivity index (χ0n) is 26.1. The number of piperidine rings is 2. The van der Waals surface area contributed by atoms with Crippen LogP contribution < -0.4 is 20.4 Å². The van der Waals surface area contributed by atoms with E-state index in [-0.39, 0.29) is 5.82 Å². The zero-order chi connectivity index (χ0) is 31.6. The maximum Gasteiger partial charge on any atom is 0.225 e. The van der Waals surface area contributed by atoms with Crippen LogP contribution in [0.25, 0.3) is 28.0 Å². The number of nitrogens with one attached hydrogen (secondary N) is 2. The molecule has 2 N–H and O–H groups in total. The zero-order valence-corrected chi connectivity index (χ0v) is 26.9. The Balaban J connectivity index is 1.11. The van der Waals surface area contributed by atoms with Crippen molar-refractivity contribution in [3.05, 3.63) is 71.4 Å².